The van der Waals surface area contributed by atoms with Crippen molar-refractivity contribution >= 4 is 19.9 Å². The van der Waals surface area contributed by atoms with E-state index in [4.69, 9.17) is 4.42 Å². The van der Waals surface area contributed by atoms with E-state index < -0.39 is 30.9 Å². The minimum atomic E-state index is -3.95. The van der Waals surface area contributed by atoms with Crippen LogP contribution in [-0.4, -0.2) is 29.6 Å². The molecule has 6 nitrogen and oxygen atoms in total. The lowest BCUT2D eigenvalue weighted by molar-refractivity contribution is 0.487. The molecule has 0 saturated heterocycles. The molecule has 1 aromatic carbocycles. The Labute approximate surface area is 127 Å². The normalized spacial score (nSPS) is 13.9. The van der Waals surface area contributed by atoms with Gasteiger partial charge in [-0.25, -0.2) is 25.9 Å². The highest BCUT2D eigenvalue weighted by Gasteiger charge is 2.32. The maximum Gasteiger partial charge on any atom is 0.208 e. The number of sulfonamides is 1. The Morgan fingerprint density at radius 3 is 2.27 bits per heavy atom. The van der Waals surface area contributed by atoms with Crippen LogP contribution in [-0.2, 0) is 19.9 Å². The second kappa shape index (κ2) is 6.19. The molecule has 2 rings (SSSR count). The van der Waals surface area contributed by atoms with Gasteiger partial charge in [0.15, 0.2) is 9.84 Å². The standard InChI is InChI=1S/C13H14FNO5S2/c1-21(16,17)15-9-13(12-3-2-8-20-12)22(18,19)11-6-4-10(14)5-7-11/h2-8,13,15H,9H2,1H3/t13-/m1/s1. The zero-order valence-electron chi connectivity index (χ0n) is 11.6. The SMILES string of the molecule is CS(=O)(=O)NC[C@H](c1ccco1)S(=O)(=O)c1ccc(F)cc1. The summed E-state index contributed by atoms with van der Waals surface area (Å²) in [7, 11) is -7.53. The molecule has 1 N–H and O–H groups in total. The molecule has 0 aliphatic heterocycles. The lowest BCUT2D eigenvalue weighted by Crippen LogP contribution is -2.31. The van der Waals surface area contributed by atoms with E-state index in [1.54, 1.807) is 0 Å². The molecule has 2 aromatic rings. The zero-order valence-corrected chi connectivity index (χ0v) is 13.2. The van der Waals surface area contributed by atoms with Gasteiger partial charge in [-0.15, -0.1) is 0 Å². The van der Waals surface area contributed by atoms with Crippen molar-refractivity contribution < 1.29 is 25.6 Å². The van der Waals surface area contributed by atoms with Crippen LogP contribution in [0.4, 0.5) is 4.39 Å². The van der Waals surface area contributed by atoms with Gasteiger partial charge in [0, 0.05) is 6.54 Å². The topological polar surface area (TPSA) is 93.4 Å². The summed E-state index contributed by atoms with van der Waals surface area (Å²) in [6.45, 7) is -0.383. The van der Waals surface area contributed by atoms with E-state index in [0.717, 1.165) is 30.5 Å². The number of nitrogens with one attached hydrogen (secondary N) is 1. The summed E-state index contributed by atoms with van der Waals surface area (Å²) >= 11 is 0. The van der Waals surface area contributed by atoms with Crippen LogP contribution in [0.25, 0.3) is 0 Å². The average Bonchev–Trinajstić information content (AvgIpc) is 2.91. The molecule has 1 atom stereocenters. The molecule has 0 saturated carbocycles. The van der Waals surface area contributed by atoms with Gasteiger partial charge in [0.05, 0.1) is 17.4 Å². The predicted octanol–water partition coefficient (Wildman–Crippen LogP) is 1.48. The van der Waals surface area contributed by atoms with Crippen molar-refractivity contribution in [2.45, 2.75) is 10.1 Å². The van der Waals surface area contributed by atoms with Crippen molar-refractivity contribution in [1.29, 1.82) is 0 Å². The molecule has 1 aromatic heterocycles. The minimum Gasteiger partial charge on any atom is -0.468 e. The van der Waals surface area contributed by atoms with E-state index in [1.165, 1.54) is 18.4 Å². The maximum atomic E-state index is 12.9. The second-order valence-electron chi connectivity index (χ2n) is 4.62. The first kappa shape index (κ1) is 16.7. The van der Waals surface area contributed by atoms with Gasteiger partial charge >= 0.3 is 0 Å². The van der Waals surface area contributed by atoms with Crippen LogP contribution in [0.3, 0.4) is 0 Å². The van der Waals surface area contributed by atoms with Crippen molar-refractivity contribution in [2.75, 3.05) is 12.8 Å². The van der Waals surface area contributed by atoms with Gasteiger partial charge in [-0.1, -0.05) is 0 Å². The predicted molar refractivity (Wildman–Crippen MR) is 77.9 cm³/mol. The van der Waals surface area contributed by atoms with Crippen LogP contribution in [0.1, 0.15) is 11.0 Å². The third-order valence-corrected chi connectivity index (χ3v) is 5.68. The summed E-state index contributed by atoms with van der Waals surface area (Å²) in [6, 6.07) is 7.24. The quantitative estimate of drug-likeness (QED) is 0.799. The zero-order chi connectivity index (χ0) is 16.4. The van der Waals surface area contributed by atoms with Crippen LogP contribution in [0.5, 0.6) is 0 Å². The van der Waals surface area contributed by atoms with E-state index in [0.29, 0.717) is 0 Å². The van der Waals surface area contributed by atoms with E-state index in [1.807, 2.05) is 0 Å². The summed E-state index contributed by atoms with van der Waals surface area (Å²) in [5, 5.41) is -1.25. The van der Waals surface area contributed by atoms with Gasteiger partial charge in [0.25, 0.3) is 0 Å². The smallest absolute Gasteiger partial charge is 0.208 e. The lowest BCUT2D eigenvalue weighted by atomic mass is 10.3. The first-order chi connectivity index (χ1) is 10.2. The first-order valence-corrected chi connectivity index (χ1v) is 9.61. The van der Waals surface area contributed by atoms with E-state index in [9.17, 15) is 21.2 Å². The Hall–Kier alpha value is -1.71. The first-order valence-electron chi connectivity index (χ1n) is 6.17. The number of rotatable bonds is 6. The molecule has 0 unspecified atom stereocenters. The van der Waals surface area contributed by atoms with Crippen molar-refractivity contribution in [3.8, 4) is 0 Å². The molecule has 1 heterocycles. The molecular weight excluding hydrogens is 333 g/mol. The van der Waals surface area contributed by atoms with Crippen LogP contribution < -0.4 is 4.72 Å². The Kier molecular flexibility index (Phi) is 4.69. The van der Waals surface area contributed by atoms with Crippen LogP contribution >= 0.6 is 0 Å². The van der Waals surface area contributed by atoms with Gasteiger partial charge in [0.2, 0.25) is 10.0 Å². The Morgan fingerprint density at radius 2 is 1.77 bits per heavy atom. The van der Waals surface area contributed by atoms with Crippen molar-refractivity contribution in [1.82, 2.24) is 4.72 Å². The average molecular weight is 347 g/mol. The highest BCUT2D eigenvalue weighted by atomic mass is 32.2. The van der Waals surface area contributed by atoms with Crippen molar-refractivity contribution in [3.63, 3.8) is 0 Å². The Bertz CT molecular complexity index is 827. The summed E-state index contributed by atoms with van der Waals surface area (Å²) in [4.78, 5) is -0.120. The van der Waals surface area contributed by atoms with Gasteiger partial charge in [0.1, 0.15) is 16.8 Å². The molecule has 0 radical (unpaired) electrons. The highest BCUT2D eigenvalue weighted by Crippen LogP contribution is 2.29. The number of halogens is 1. The minimum absolute atomic E-state index is 0.0977. The molecule has 0 spiro atoms. The number of furan rings is 1. The maximum absolute atomic E-state index is 12.9. The molecule has 0 fully saturated rings. The van der Waals surface area contributed by atoms with E-state index >= 15 is 0 Å². The van der Waals surface area contributed by atoms with Gasteiger partial charge in [-0.3, -0.25) is 0 Å². The van der Waals surface area contributed by atoms with E-state index in [-0.39, 0.29) is 17.2 Å². The molecule has 0 aliphatic carbocycles. The van der Waals surface area contributed by atoms with Crippen LogP contribution in [0.15, 0.2) is 52.0 Å². The van der Waals surface area contributed by atoms with Crippen LogP contribution in [0, 0.1) is 5.82 Å². The molecule has 9 heteroatoms. The van der Waals surface area contributed by atoms with Gasteiger partial charge in [-0.05, 0) is 36.4 Å². The lowest BCUT2D eigenvalue weighted by Gasteiger charge is -2.16. The number of benzene rings is 1. The number of hydrogen-bond acceptors (Lipinski definition) is 5. The second-order valence-corrected chi connectivity index (χ2v) is 8.59. The number of hydrogen-bond donors (Lipinski definition) is 1. The molecular formula is C13H14FNO5S2. The van der Waals surface area contributed by atoms with Gasteiger partial charge < -0.3 is 4.42 Å². The summed E-state index contributed by atoms with van der Waals surface area (Å²) < 4.78 is 67.9. The largest absolute Gasteiger partial charge is 0.468 e. The number of sulfone groups is 1. The fraction of sp³-hybridized carbons (Fsp3) is 0.231. The van der Waals surface area contributed by atoms with Crippen molar-refractivity contribution in [3.05, 3.63) is 54.2 Å². The fourth-order valence-corrected chi connectivity index (χ4v) is 4.01. The molecule has 0 amide bonds. The molecule has 0 bridgehead atoms. The Balaban J connectivity index is 2.41. The Morgan fingerprint density at radius 1 is 1.14 bits per heavy atom. The third kappa shape index (κ3) is 3.93. The van der Waals surface area contributed by atoms with Gasteiger partial charge in [-0.2, -0.15) is 0 Å². The fourth-order valence-electron chi connectivity index (χ4n) is 1.85. The monoisotopic (exact) mass is 347 g/mol. The van der Waals surface area contributed by atoms with Crippen LogP contribution in [0.2, 0.25) is 0 Å². The molecule has 120 valence electrons. The highest BCUT2D eigenvalue weighted by molar-refractivity contribution is 7.92. The molecule has 0 aliphatic rings. The summed E-state index contributed by atoms with van der Waals surface area (Å²) in [5.41, 5.74) is 0. The van der Waals surface area contributed by atoms with Crippen molar-refractivity contribution in [2.24, 2.45) is 0 Å². The van der Waals surface area contributed by atoms with E-state index in [2.05, 4.69) is 4.72 Å². The third-order valence-electron chi connectivity index (χ3n) is 2.91. The summed E-state index contributed by atoms with van der Waals surface area (Å²) in [5.74, 6) is -0.469. The molecule has 22 heavy (non-hydrogen) atoms. The summed E-state index contributed by atoms with van der Waals surface area (Å²) in [6.07, 6.45) is 2.22.